The second kappa shape index (κ2) is 10.3. The summed E-state index contributed by atoms with van der Waals surface area (Å²) in [5.41, 5.74) is 0.847. The van der Waals surface area contributed by atoms with Crippen LogP contribution in [0.2, 0.25) is 0 Å². The summed E-state index contributed by atoms with van der Waals surface area (Å²) < 4.78 is 58.8. The maximum absolute atomic E-state index is 14.1. The molecule has 3 aromatic rings. The molecule has 1 aliphatic carbocycles. The van der Waals surface area contributed by atoms with Gasteiger partial charge in [0.15, 0.2) is 15.1 Å². The van der Waals surface area contributed by atoms with Gasteiger partial charge in [-0.3, -0.25) is 9.59 Å². The molecule has 2 heterocycles. The van der Waals surface area contributed by atoms with Crippen molar-refractivity contribution < 1.29 is 31.5 Å². The maximum atomic E-state index is 14.1. The van der Waals surface area contributed by atoms with E-state index in [9.17, 15) is 26.8 Å². The molecule has 35 heavy (non-hydrogen) atoms. The van der Waals surface area contributed by atoms with Crippen molar-refractivity contribution in [1.82, 2.24) is 20.6 Å². The number of rotatable bonds is 10. The van der Waals surface area contributed by atoms with Gasteiger partial charge < -0.3 is 15.4 Å². The van der Waals surface area contributed by atoms with E-state index in [2.05, 4.69) is 20.6 Å². The molecule has 0 aliphatic heterocycles. The quantitative estimate of drug-likeness (QED) is 0.389. The Morgan fingerprint density at radius 3 is 2.66 bits per heavy atom. The van der Waals surface area contributed by atoms with E-state index >= 15 is 0 Å². The van der Waals surface area contributed by atoms with Crippen molar-refractivity contribution in [3.8, 4) is 11.1 Å². The van der Waals surface area contributed by atoms with Gasteiger partial charge in [-0.2, -0.15) is 13.8 Å². The first-order valence-electron chi connectivity index (χ1n) is 10.7. The fourth-order valence-electron chi connectivity index (χ4n) is 3.36. The molecule has 0 radical (unpaired) electrons. The number of fused-ring (bicyclic) bond motifs is 1. The Kier molecular flexibility index (Phi) is 7.38. The number of amides is 2. The number of aromatic nitrogens is 2. The second-order valence-corrected chi connectivity index (χ2v) is 11.3. The van der Waals surface area contributed by atoms with Crippen LogP contribution in [0.15, 0.2) is 30.3 Å². The van der Waals surface area contributed by atoms with Gasteiger partial charge in [-0.25, -0.2) is 13.4 Å². The number of hydrogen-bond donors (Lipinski definition) is 2. The summed E-state index contributed by atoms with van der Waals surface area (Å²) in [5, 5.41) is 3.46. The number of halogens is 2. The van der Waals surface area contributed by atoms with E-state index in [1.54, 1.807) is 18.2 Å². The van der Waals surface area contributed by atoms with Gasteiger partial charge in [0.05, 0.1) is 29.1 Å². The zero-order valence-electron chi connectivity index (χ0n) is 18.6. The molecule has 0 spiro atoms. The molecule has 1 unspecified atom stereocenters. The van der Waals surface area contributed by atoms with Crippen molar-refractivity contribution >= 4 is 43.2 Å². The van der Waals surface area contributed by atoms with Gasteiger partial charge in [0.25, 0.3) is 0 Å². The number of nitrogens with zero attached hydrogens (tertiary/aromatic N) is 2. The average molecular weight is 525 g/mol. The third-order valence-corrected chi connectivity index (χ3v) is 8.41. The van der Waals surface area contributed by atoms with Crippen LogP contribution in [-0.4, -0.2) is 62.3 Å². The number of carbonyl (C=O) groups excluding carboxylic acids is 2. The minimum absolute atomic E-state index is 0.00561. The minimum atomic E-state index is -4.05. The standard InChI is InChI=1S/C22H22F2N4O5S2/c1-33-8-9-35(31,32)19(21(30)25-11-18(29)26-13-3-4-13)22-27-15-6-2-12(10-16(15)34-22)14-5-7-17(23)28-20(14)24/h2,5-7,10,13,19H,3-4,8-9,11H2,1H3,(H,25,30)(H,26,29). The van der Waals surface area contributed by atoms with Gasteiger partial charge in [0.2, 0.25) is 23.7 Å². The Morgan fingerprint density at radius 2 is 1.97 bits per heavy atom. The molecule has 1 saturated carbocycles. The molecule has 13 heteroatoms. The summed E-state index contributed by atoms with van der Waals surface area (Å²) in [5.74, 6) is -3.65. The maximum Gasteiger partial charge on any atom is 0.245 e. The van der Waals surface area contributed by atoms with E-state index in [0.717, 1.165) is 30.2 Å². The highest BCUT2D eigenvalue weighted by atomic mass is 32.2. The lowest BCUT2D eigenvalue weighted by Gasteiger charge is -2.15. The first-order chi connectivity index (χ1) is 16.7. The minimum Gasteiger partial charge on any atom is -0.384 e. The van der Waals surface area contributed by atoms with Gasteiger partial charge in [-0.15, -0.1) is 11.3 Å². The summed E-state index contributed by atoms with van der Waals surface area (Å²) in [6.07, 6.45) is 1.75. The summed E-state index contributed by atoms with van der Waals surface area (Å²) >= 11 is 0.957. The monoisotopic (exact) mass is 524 g/mol. The number of benzene rings is 1. The van der Waals surface area contributed by atoms with Crippen LogP contribution in [0.4, 0.5) is 8.78 Å². The largest absolute Gasteiger partial charge is 0.384 e. The molecule has 1 fully saturated rings. The Bertz CT molecular complexity index is 1380. The van der Waals surface area contributed by atoms with Gasteiger partial charge in [0, 0.05) is 18.7 Å². The van der Waals surface area contributed by atoms with E-state index in [-0.39, 0.29) is 29.8 Å². The summed E-state index contributed by atoms with van der Waals surface area (Å²) in [6, 6.07) is 7.03. The van der Waals surface area contributed by atoms with Crippen LogP contribution in [0, 0.1) is 11.9 Å². The van der Waals surface area contributed by atoms with Crippen molar-refractivity contribution in [3.05, 3.63) is 47.2 Å². The Hall–Kier alpha value is -3.03. The third-order valence-electron chi connectivity index (χ3n) is 5.29. The highest BCUT2D eigenvalue weighted by Crippen LogP contribution is 2.34. The normalized spacial score (nSPS) is 14.6. The molecule has 0 saturated heterocycles. The van der Waals surface area contributed by atoms with Gasteiger partial charge >= 0.3 is 0 Å². The smallest absolute Gasteiger partial charge is 0.245 e. The number of nitrogens with one attached hydrogen (secondary N) is 2. The lowest BCUT2D eigenvalue weighted by Crippen LogP contribution is -2.41. The van der Waals surface area contributed by atoms with Crippen LogP contribution >= 0.6 is 11.3 Å². The number of methoxy groups -OCH3 is 1. The molecule has 9 nitrogen and oxygen atoms in total. The van der Waals surface area contributed by atoms with E-state index in [4.69, 9.17) is 4.74 Å². The van der Waals surface area contributed by atoms with Crippen LogP contribution < -0.4 is 10.6 Å². The fourth-order valence-corrected chi connectivity index (χ4v) is 6.34. The predicted molar refractivity (Wildman–Crippen MR) is 125 cm³/mol. The first kappa shape index (κ1) is 25.1. The van der Waals surface area contributed by atoms with Gasteiger partial charge in [-0.05, 0) is 42.7 Å². The molecule has 0 bridgehead atoms. The lowest BCUT2D eigenvalue weighted by molar-refractivity contribution is -0.126. The van der Waals surface area contributed by atoms with Crippen molar-refractivity contribution in [1.29, 1.82) is 0 Å². The Balaban J connectivity index is 1.64. The number of thiazole rings is 1. The lowest BCUT2D eigenvalue weighted by atomic mass is 10.1. The average Bonchev–Trinajstić information content (AvgIpc) is 3.52. The summed E-state index contributed by atoms with van der Waals surface area (Å²) in [6.45, 7) is -0.488. The SMILES string of the molecule is COCCS(=O)(=O)C(C(=O)NCC(=O)NC1CC1)c1nc2ccc(-c3ccc(F)nc3F)cc2s1. The number of pyridine rings is 1. The molecule has 2 N–H and O–H groups in total. The highest BCUT2D eigenvalue weighted by molar-refractivity contribution is 7.92. The molecule has 1 aromatic carbocycles. The molecule has 1 aliphatic rings. The molecule has 2 amide bonds. The van der Waals surface area contributed by atoms with Crippen molar-refractivity contribution in [3.63, 3.8) is 0 Å². The van der Waals surface area contributed by atoms with Crippen LogP contribution in [0.5, 0.6) is 0 Å². The highest BCUT2D eigenvalue weighted by Gasteiger charge is 2.37. The fraction of sp³-hybridized carbons (Fsp3) is 0.364. The van der Waals surface area contributed by atoms with Crippen molar-refractivity contribution in [2.75, 3.05) is 26.0 Å². The second-order valence-electron chi connectivity index (χ2n) is 8.01. The zero-order chi connectivity index (χ0) is 25.2. The number of sulfone groups is 1. The van der Waals surface area contributed by atoms with Crippen molar-refractivity contribution in [2.24, 2.45) is 0 Å². The third kappa shape index (κ3) is 5.97. The molecule has 1 atom stereocenters. The van der Waals surface area contributed by atoms with E-state index in [0.29, 0.717) is 15.8 Å². The number of carbonyl (C=O) groups is 2. The van der Waals surface area contributed by atoms with Crippen LogP contribution in [-0.2, 0) is 24.2 Å². The van der Waals surface area contributed by atoms with E-state index < -0.39 is 44.5 Å². The Labute approximate surface area is 203 Å². The van der Waals surface area contributed by atoms with Crippen molar-refractivity contribution in [2.45, 2.75) is 24.1 Å². The van der Waals surface area contributed by atoms with Crippen LogP contribution in [0.3, 0.4) is 0 Å². The topological polar surface area (TPSA) is 127 Å². The molecule has 186 valence electrons. The number of hydrogen-bond acceptors (Lipinski definition) is 8. The molecule has 4 rings (SSSR count). The van der Waals surface area contributed by atoms with Crippen LogP contribution in [0.1, 0.15) is 23.1 Å². The molecular weight excluding hydrogens is 502 g/mol. The molecule has 2 aromatic heterocycles. The van der Waals surface area contributed by atoms with Gasteiger partial charge in [-0.1, -0.05) is 6.07 Å². The predicted octanol–water partition coefficient (Wildman–Crippen LogP) is 2.13. The zero-order valence-corrected chi connectivity index (χ0v) is 20.2. The van der Waals surface area contributed by atoms with Gasteiger partial charge in [0.1, 0.15) is 5.01 Å². The van der Waals surface area contributed by atoms with Crippen LogP contribution in [0.25, 0.3) is 21.3 Å². The first-order valence-corrected chi connectivity index (χ1v) is 13.2. The molecular formula is C22H22F2N4O5S2. The summed E-state index contributed by atoms with van der Waals surface area (Å²) in [4.78, 5) is 32.5. The van der Waals surface area contributed by atoms with E-state index in [1.165, 1.54) is 13.2 Å². The Morgan fingerprint density at radius 1 is 1.20 bits per heavy atom. The van der Waals surface area contributed by atoms with E-state index in [1.807, 2.05) is 0 Å². The summed E-state index contributed by atoms with van der Waals surface area (Å²) in [7, 11) is -2.71. The number of ether oxygens (including phenoxy) is 1.